The van der Waals surface area contributed by atoms with Crippen LogP contribution in [0.25, 0.3) is 0 Å². The summed E-state index contributed by atoms with van der Waals surface area (Å²) in [4.78, 5) is 10.8. The molecular formula is C16H26ClIN4O. The first-order valence-corrected chi connectivity index (χ1v) is 8.26. The van der Waals surface area contributed by atoms with Crippen LogP contribution in [0, 0.1) is 5.92 Å². The van der Waals surface area contributed by atoms with Crippen LogP contribution in [0.15, 0.2) is 17.3 Å². The second-order valence-electron chi connectivity index (χ2n) is 6.06. The van der Waals surface area contributed by atoms with Crippen LogP contribution in [0.1, 0.15) is 38.7 Å². The molecule has 0 amide bonds. The summed E-state index contributed by atoms with van der Waals surface area (Å²) in [6.07, 6.45) is 5.40. The van der Waals surface area contributed by atoms with E-state index in [4.69, 9.17) is 22.1 Å². The lowest BCUT2D eigenvalue weighted by molar-refractivity contribution is 0.261. The van der Waals surface area contributed by atoms with Crippen molar-refractivity contribution in [3.8, 4) is 5.88 Å². The fourth-order valence-corrected chi connectivity index (χ4v) is 2.54. The lowest BCUT2D eigenvalue weighted by Crippen LogP contribution is -2.40. The first-order chi connectivity index (χ1) is 10.6. The highest BCUT2D eigenvalue weighted by molar-refractivity contribution is 14.0. The van der Waals surface area contributed by atoms with Crippen LogP contribution >= 0.6 is 35.6 Å². The number of aromatic nitrogens is 1. The van der Waals surface area contributed by atoms with E-state index in [1.54, 1.807) is 6.20 Å². The van der Waals surface area contributed by atoms with Gasteiger partial charge in [0, 0.05) is 19.3 Å². The number of guanidine groups is 1. The Morgan fingerprint density at radius 1 is 1.39 bits per heavy atom. The van der Waals surface area contributed by atoms with Crippen molar-refractivity contribution in [2.45, 2.75) is 39.7 Å². The first-order valence-electron chi connectivity index (χ1n) is 7.88. The molecule has 0 aromatic carbocycles. The van der Waals surface area contributed by atoms with Crippen molar-refractivity contribution in [3.63, 3.8) is 0 Å². The number of rotatable bonds is 5. The van der Waals surface area contributed by atoms with Crippen LogP contribution in [0.3, 0.4) is 0 Å². The van der Waals surface area contributed by atoms with Gasteiger partial charge in [0.05, 0.1) is 13.2 Å². The molecule has 130 valence electrons. The third kappa shape index (κ3) is 6.71. The van der Waals surface area contributed by atoms with Crippen molar-refractivity contribution in [2.24, 2.45) is 16.6 Å². The van der Waals surface area contributed by atoms with E-state index in [0.717, 1.165) is 18.7 Å². The standard InChI is InChI=1S/C16H25ClN4O.HI/c1-12(2)11-22-15-14(17)8-13(9-19-15)10-20-16(18)21-6-4-3-5-7-21;/h8-9,12H,3-7,10-11H2,1-2H3,(H2,18,20);1H. The Morgan fingerprint density at radius 2 is 2.09 bits per heavy atom. The van der Waals surface area contributed by atoms with E-state index in [-0.39, 0.29) is 24.0 Å². The molecule has 23 heavy (non-hydrogen) atoms. The third-order valence-electron chi connectivity index (χ3n) is 3.52. The molecule has 1 saturated heterocycles. The minimum atomic E-state index is 0. The molecule has 2 rings (SSSR count). The van der Waals surface area contributed by atoms with E-state index in [0.29, 0.717) is 35.9 Å². The Balaban J connectivity index is 0.00000264. The van der Waals surface area contributed by atoms with E-state index in [1.807, 2.05) is 6.07 Å². The Bertz CT molecular complexity index is 519. The number of hydrogen-bond donors (Lipinski definition) is 1. The van der Waals surface area contributed by atoms with E-state index in [9.17, 15) is 0 Å². The lowest BCUT2D eigenvalue weighted by Gasteiger charge is -2.27. The highest BCUT2D eigenvalue weighted by Gasteiger charge is 2.12. The SMILES string of the molecule is CC(C)COc1ncc(CN=C(N)N2CCCCC2)cc1Cl.I. The first kappa shape index (κ1) is 20.3. The van der Waals surface area contributed by atoms with Crippen LogP contribution in [-0.2, 0) is 6.54 Å². The molecule has 1 aliphatic heterocycles. The summed E-state index contributed by atoms with van der Waals surface area (Å²) in [6, 6.07) is 1.84. The number of hydrogen-bond acceptors (Lipinski definition) is 3. The summed E-state index contributed by atoms with van der Waals surface area (Å²) in [7, 11) is 0. The molecular weight excluding hydrogens is 427 g/mol. The molecule has 1 aromatic heterocycles. The lowest BCUT2D eigenvalue weighted by atomic mass is 10.1. The minimum Gasteiger partial charge on any atom is -0.476 e. The Morgan fingerprint density at radius 3 is 2.70 bits per heavy atom. The fraction of sp³-hybridized carbons (Fsp3) is 0.625. The highest BCUT2D eigenvalue weighted by atomic mass is 127. The average molecular weight is 453 g/mol. The smallest absolute Gasteiger partial charge is 0.232 e. The Kier molecular flexibility index (Phi) is 8.98. The van der Waals surface area contributed by atoms with Crippen LogP contribution in [0.2, 0.25) is 5.02 Å². The van der Waals surface area contributed by atoms with Crippen LogP contribution in [-0.4, -0.2) is 35.5 Å². The van der Waals surface area contributed by atoms with Crippen molar-refractivity contribution in [1.29, 1.82) is 0 Å². The summed E-state index contributed by atoms with van der Waals surface area (Å²) in [6.45, 7) is 7.25. The summed E-state index contributed by atoms with van der Waals surface area (Å²) in [5.41, 5.74) is 6.98. The van der Waals surface area contributed by atoms with Gasteiger partial charge in [0.25, 0.3) is 0 Å². The van der Waals surface area contributed by atoms with Crippen molar-refractivity contribution >= 4 is 41.5 Å². The minimum absolute atomic E-state index is 0. The molecule has 0 spiro atoms. The summed E-state index contributed by atoms with van der Waals surface area (Å²) < 4.78 is 5.56. The second kappa shape index (κ2) is 10.2. The number of nitrogens with zero attached hydrogens (tertiary/aromatic N) is 3. The topological polar surface area (TPSA) is 63.7 Å². The van der Waals surface area contributed by atoms with E-state index in [1.165, 1.54) is 19.3 Å². The van der Waals surface area contributed by atoms with Gasteiger partial charge in [-0.3, -0.25) is 0 Å². The van der Waals surface area contributed by atoms with Gasteiger partial charge in [0.15, 0.2) is 5.96 Å². The Labute approximate surface area is 160 Å². The molecule has 0 unspecified atom stereocenters. The second-order valence-corrected chi connectivity index (χ2v) is 6.46. The maximum absolute atomic E-state index is 6.20. The van der Waals surface area contributed by atoms with Gasteiger partial charge in [-0.2, -0.15) is 0 Å². The number of piperidine rings is 1. The summed E-state index contributed by atoms with van der Waals surface area (Å²) >= 11 is 6.20. The largest absolute Gasteiger partial charge is 0.476 e. The molecule has 0 radical (unpaired) electrons. The average Bonchev–Trinajstić information content (AvgIpc) is 2.52. The molecule has 2 N–H and O–H groups in total. The number of likely N-dealkylation sites (tertiary alicyclic amines) is 1. The van der Waals surface area contributed by atoms with Crippen molar-refractivity contribution < 1.29 is 4.74 Å². The number of ether oxygens (including phenoxy) is 1. The molecule has 0 bridgehead atoms. The summed E-state index contributed by atoms with van der Waals surface area (Å²) in [5.74, 6) is 1.52. The van der Waals surface area contributed by atoms with Gasteiger partial charge in [-0.1, -0.05) is 25.4 Å². The molecule has 2 heterocycles. The van der Waals surface area contributed by atoms with Crippen molar-refractivity contribution in [2.75, 3.05) is 19.7 Å². The number of nitrogens with two attached hydrogens (primary N) is 1. The van der Waals surface area contributed by atoms with E-state index in [2.05, 4.69) is 28.7 Å². The van der Waals surface area contributed by atoms with Gasteiger partial charge < -0.3 is 15.4 Å². The molecule has 1 fully saturated rings. The number of pyridine rings is 1. The normalized spacial score (nSPS) is 15.5. The molecule has 0 atom stereocenters. The van der Waals surface area contributed by atoms with Crippen LogP contribution < -0.4 is 10.5 Å². The van der Waals surface area contributed by atoms with Crippen LogP contribution in [0.4, 0.5) is 0 Å². The predicted octanol–water partition coefficient (Wildman–Crippen LogP) is 3.69. The van der Waals surface area contributed by atoms with Gasteiger partial charge >= 0.3 is 0 Å². The highest BCUT2D eigenvalue weighted by Crippen LogP contribution is 2.23. The number of aliphatic imine (C=N–C) groups is 1. The number of halogens is 2. The van der Waals surface area contributed by atoms with E-state index >= 15 is 0 Å². The van der Waals surface area contributed by atoms with Gasteiger partial charge in [-0.25, -0.2) is 9.98 Å². The summed E-state index contributed by atoms with van der Waals surface area (Å²) in [5, 5.41) is 0.518. The van der Waals surface area contributed by atoms with Crippen molar-refractivity contribution in [3.05, 3.63) is 22.8 Å². The molecule has 1 aromatic rings. The predicted molar refractivity (Wildman–Crippen MR) is 106 cm³/mol. The van der Waals surface area contributed by atoms with Crippen LogP contribution in [0.5, 0.6) is 5.88 Å². The zero-order chi connectivity index (χ0) is 15.9. The van der Waals surface area contributed by atoms with Crippen molar-refractivity contribution in [1.82, 2.24) is 9.88 Å². The molecule has 7 heteroatoms. The monoisotopic (exact) mass is 452 g/mol. The van der Waals surface area contributed by atoms with Gasteiger partial charge in [0.1, 0.15) is 5.02 Å². The molecule has 0 aliphatic carbocycles. The zero-order valence-electron chi connectivity index (χ0n) is 13.8. The van der Waals surface area contributed by atoms with E-state index < -0.39 is 0 Å². The van der Waals surface area contributed by atoms with Gasteiger partial charge in [-0.05, 0) is 36.8 Å². The zero-order valence-corrected chi connectivity index (χ0v) is 16.9. The maximum atomic E-state index is 6.20. The van der Waals surface area contributed by atoms with Gasteiger partial charge in [-0.15, -0.1) is 24.0 Å². The Hall–Kier alpha value is -0.760. The molecule has 5 nitrogen and oxygen atoms in total. The molecule has 0 saturated carbocycles. The third-order valence-corrected chi connectivity index (χ3v) is 3.79. The van der Waals surface area contributed by atoms with Gasteiger partial charge in [0.2, 0.25) is 5.88 Å². The fourth-order valence-electron chi connectivity index (χ4n) is 2.30. The quantitative estimate of drug-likeness (QED) is 0.420. The maximum Gasteiger partial charge on any atom is 0.232 e. The molecule has 1 aliphatic rings.